The second kappa shape index (κ2) is 5.55. The van der Waals surface area contributed by atoms with Gasteiger partial charge in [-0.05, 0) is 17.7 Å². The van der Waals surface area contributed by atoms with Gasteiger partial charge in [-0.1, -0.05) is 18.2 Å². The van der Waals surface area contributed by atoms with Gasteiger partial charge in [-0.25, -0.2) is 4.79 Å². The van der Waals surface area contributed by atoms with E-state index in [0.717, 1.165) is 6.07 Å². The highest BCUT2D eigenvalue weighted by Gasteiger charge is 2.35. The van der Waals surface area contributed by atoms with Gasteiger partial charge in [-0.15, -0.1) is 0 Å². The van der Waals surface area contributed by atoms with Gasteiger partial charge in [-0.3, -0.25) is 4.79 Å². The summed E-state index contributed by atoms with van der Waals surface area (Å²) < 4.78 is 38.0. The van der Waals surface area contributed by atoms with E-state index in [9.17, 15) is 22.8 Å². The van der Waals surface area contributed by atoms with Crippen LogP contribution in [0.5, 0.6) is 0 Å². The minimum Gasteiger partial charge on any atom is -0.481 e. The average molecular weight is 274 g/mol. The normalized spacial score (nSPS) is 11.7. The summed E-state index contributed by atoms with van der Waals surface area (Å²) in [5.74, 6) is -2.79. The second-order valence-electron chi connectivity index (χ2n) is 3.61. The Hall–Kier alpha value is -2.31. The van der Waals surface area contributed by atoms with Crippen molar-refractivity contribution in [1.82, 2.24) is 0 Å². The number of alkyl halides is 3. The molecule has 0 aromatic heterocycles. The minimum absolute atomic E-state index is 0.0820. The average Bonchev–Trinajstić information content (AvgIpc) is 2.27. The Labute approximate surface area is 105 Å². The van der Waals surface area contributed by atoms with Gasteiger partial charge in [0.1, 0.15) is 0 Å². The fourth-order valence-corrected chi connectivity index (χ4v) is 1.38. The topological polar surface area (TPSA) is 74.6 Å². The maximum atomic E-state index is 12.7. The van der Waals surface area contributed by atoms with Crippen LogP contribution in [-0.2, 0) is 11.0 Å². The first-order chi connectivity index (χ1) is 8.71. The Morgan fingerprint density at radius 2 is 1.84 bits per heavy atom. The first-order valence-electron chi connectivity index (χ1n) is 5.04. The van der Waals surface area contributed by atoms with Crippen molar-refractivity contribution in [1.29, 1.82) is 0 Å². The maximum absolute atomic E-state index is 12.7. The Kier molecular flexibility index (Phi) is 4.31. The molecule has 4 nitrogen and oxygen atoms in total. The third kappa shape index (κ3) is 4.13. The molecule has 0 heterocycles. The largest absolute Gasteiger partial charge is 0.481 e. The number of hydrogen-bond acceptors (Lipinski definition) is 2. The van der Waals surface area contributed by atoms with Gasteiger partial charge in [-0.2, -0.15) is 13.2 Å². The molecule has 0 aliphatic carbocycles. The predicted molar refractivity (Wildman–Crippen MR) is 59.7 cm³/mol. The van der Waals surface area contributed by atoms with Crippen LogP contribution in [-0.4, -0.2) is 22.2 Å². The number of halogens is 3. The molecular formula is C12H9F3O4. The minimum atomic E-state index is -4.79. The number of rotatable bonds is 4. The number of carboxylic acids is 2. The van der Waals surface area contributed by atoms with Crippen molar-refractivity contribution < 1.29 is 33.0 Å². The molecule has 0 atom stereocenters. The van der Waals surface area contributed by atoms with Crippen LogP contribution < -0.4 is 0 Å². The van der Waals surface area contributed by atoms with Crippen LogP contribution in [0, 0.1) is 0 Å². The molecule has 0 radical (unpaired) electrons. The molecule has 0 saturated heterocycles. The quantitative estimate of drug-likeness (QED) is 0.885. The summed E-state index contributed by atoms with van der Waals surface area (Å²) in [6, 6.07) is 2.68. The smallest absolute Gasteiger partial charge is 0.417 e. The third-order valence-corrected chi connectivity index (χ3v) is 2.18. The number of aliphatic carboxylic acids is 1. The summed E-state index contributed by atoms with van der Waals surface area (Å²) in [4.78, 5) is 20.9. The van der Waals surface area contributed by atoms with Crippen molar-refractivity contribution in [2.24, 2.45) is 0 Å². The van der Waals surface area contributed by atoms with E-state index >= 15 is 0 Å². The lowest BCUT2D eigenvalue weighted by Crippen LogP contribution is -2.13. The molecule has 1 aromatic rings. The monoisotopic (exact) mass is 274 g/mol. The molecule has 2 N–H and O–H groups in total. The molecule has 0 bridgehead atoms. The number of aromatic carboxylic acids is 1. The summed E-state index contributed by atoms with van der Waals surface area (Å²) in [6.45, 7) is 0. The summed E-state index contributed by atoms with van der Waals surface area (Å²) in [6.07, 6.45) is -2.75. The van der Waals surface area contributed by atoms with Crippen LogP contribution in [0.2, 0.25) is 0 Å². The van der Waals surface area contributed by atoms with Gasteiger partial charge in [0.05, 0.1) is 17.5 Å². The number of carboxylic acid groups (broad SMARTS) is 2. The lowest BCUT2D eigenvalue weighted by molar-refractivity contribution is -0.138. The molecular weight excluding hydrogens is 265 g/mol. The van der Waals surface area contributed by atoms with Crippen molar-refractivity contribution >= 4 is 18.0 Å². The summed E-state index contributed by atoms with van der Waals surface area (Å²) >= 11 is 0. The third-order valence-electron chi connectivity index (χ3n) is 2.18. The lowest BCUT2D eigenvalue weighted by atomic mass is 10.0. The molecule has 19 heavy (non-hydrogen) atoms. The van der Waals surface area contributed by atoms with Crippen molar-refractivity contribution in [3.63, 3.8) is 0 Å². The van der Waals surface area contributed by atoms with E-state index in [4.69, 9.17) is 10.2 Å². The molecule has 0 aliphatic rings. The first-order valence-corrected chi connectivity index (χ1v) is 5.04. The second-order valence-corrected chi connectivity index (χ2v) is 3.61. The van der Waals surface area contributed by atoms with E-state index in [1.165, 1.54) is 18.2 Å². The van der Waals surface area contributed by atoms with Gasteiger partial charge in [0.25, 0.3) is 0 Å². The molecule has 0 aliphatic heterocycles. The van der Waals surface area contributed by atoms with Crippen LogP contribution in [0.15, 0.2) is 24.3 Å². The van der Waals surface area contributed by atoms with E-state index in [0.29, 0.717) is 6.07 Å². The van der Waals surface area contributed by atoms with Crippen LogP contribution in [0.25, 0.3) is 6.08 Å². The highest BCUT2D eigenvalue weighted by Crippen LogP contribution is 2.33. The van der Waals surface area contributed by atoms with Gasteiger partial charge >= 0.3 is 18.1 Å². The zero-order valence-corrected chi connectivity index (χ0v) is 9.44. The Morgan fingerprint density at radius 3 is 2.32 bits per heavy atom. The van der Waals surface area contributed by atoms with Crippen molar-refractivity contribution in [2.75, 3.05) is 0 Å². The van der Waals surface area contributed by atoms with Crippen molar-refractivity contribution in [2.45, 2.75) is 12.6 Å². The van der Waals surface area contributed by atoms with Gasteiger partial charge in [0, 0.05) is 0 Å². The number of carbonyl (C=O) groups is 2. The maximum Gasteiger partial charge on any atom is 0.417 e. The zero-order valence-electron chi connectivity index (χ0n) is 9.44. The molecule has 1 rings (SSSR count). The Morgan fingerprint density at radius 1 is 1.21 bits per heavy atom. The molecule has 0 saturated carbocycles. The van der Waals surface area contributed by atoms with Crippen molar-refractivity contribution in [3.05, 3.63) is 41.0 Å². The van der Waals surface area contributed by atoms with Crippen LogP contribution in [0.3, 0.4) is 0 Å². The fraction of sp³-hybridized carbons (Fsp3) is 0.167. The van der Waals surface area contributed by atoms with Crippen LogP contribution >= 0.6 is 0 Å². The lowest BCUT2D eigenvalue weighted by Gasteiger charge is -2.10. The highest BCUT2D eigenvalue weighted by atomic mass is 19.4. The van der Waals surface area contributed by atoms with Gasteiger partial charge in [0.15, 0.2) is 0 Å². The van der Waals surface area contributed by atoms with E-state index in [-0.39, 0.29) is 12.0 Å². The van der Waals surface area contributed by atoms with E-state index in [2.05, 4.69) is 0 Å². The van der Waals surface area contributed by atoms with Crippen molar-refractivity contribution in [3.8, 4) is 0 Å². The molecule has 0 unspecified atom stereocenters. The summed E-state index contributed by atoms with van der Waals surface area (Å²) in [5.41, 5.74) is -2.03. The van der Waals surface area contributed by atoms with Gasteiger partial charge < -0.3 is 10.2 Å². The molecule has 0 amide bonds. The SMILES string of the molecule is O=C(O)CC=Cc1ccc(C(=O)O)c(C(F)(F)F)c1. The van der Waals surface area contributed by atoms with E-state index < -0.39 is 29.2 Å². The van der Waals surface area contributed by atoms with Gasteiger partial charge in [0.2, 0.25) is 0 Å². The predicted octanol–water partition coefficient (Wildman–Crippen LogP) is 2.89. The Balaban J connectivity index is 3.16. The van der Waals surface area contributed by atoms with E-state index in [1.54, 1.807) is 0 Å². The first kappa shape index (κ1) is 14.7. The number of benzene rings is 1. The summed E-state index contributed by atoms with van der Waals surface area (Å²) in [7, 11) is 0. The van der Waals surface area contributed by atoms with Crippen LogP contribution in [0.4, 0.5) is 13.2 Å². The molecule has 0 fully saturated rings. The molecule has 1 aromatic carbocycles. The molecule has 0 spiro atoms. The van der Waals surface area contributed by atoms with Crippen LogP contribution in [0.1, 0.15) is 27.9 Å². The molecule has 7 heteroatoms. The highest BCUT2D eigenvalue weighted by molar-refractivity contribution is 5.90. The number of hydrogen-bond donors (Lipinski definition) is 2. The standard InChI is InChI=1S/C12H9F3O4/c13-12(14,15)9-6-7(2-1-3-10(16)17)4-5-8(9)11(18)19/h1-2,4-6H,3H2,(H,16,17)(H,18,19). The summed E-state index contributed by atoms with van der Waals surface area (Å²) in [5, 5.41) is 17.1. The Bertz CT molecular complexity index is 532. The molecule has 102 valence electrons. The zero-order chi connectivity index (χ0) is 14.6. The van der Waals surface area contributed by atoms with E-state index in [1.807, 2.05) is 0 Å². The fourth-order valence-electron chi connectivity index (χ4n) is 1.38.